The fourth-order valence-corrected chi connectivity index (χ4v) is 11.1. The number of aromatic nitrogens is 1. The molecule has 0 fully saturated rings. The molecule has 2 heterocycles. The largest absolute Gasteiger partial charge is 0.398 e. The molecule has 0 amide bonds. The molecule has 0 saturated heterocycles. The maximum atomic E-state index is 7.19. The Balaban J connectivity index is 0.000000685. The summed E-state index contributed by atoms with van der Waals surface area (Å²) < 4.78 is 2.44. The Bertz CT molecular complexity index is 4040. The van der Waals surface area contributed by atoms with Crippen LogP contribution in [-0.4, -0.2) is 10.3 Å². The van der Waals surface area contributed by atoms with Gasteiger partial charge in [-0.2, -0.15) is 10.2 Å². The highest BCUT2D eigenvalue weighted by Gasteiger charge is 2.29. The third-order valence-corrected chi connectivity index (χ3v) is 14.3. The Hall–Kier alpha value is -9.19. The van der Waals surface area contributed by atoms with Crippen molar-refractivity contribution in [2.75, 3.05) is 16.3 Å². The van der Waals surface area contributed by atoms with Crippen LogP contribution in [0.5, 0.6) is 0 Å². The Morgan fingerprint density at radius 2 is 1.21 bits per heavy atom. The lowest BCUT2D eigenvalue weighted by Crippen LogP contribution is -2.32. The first-order chi connectivity index (χ1) is 37.5. The first-order valence-electron chi connectivity index (χ1n) is 26.8. The van der Waals surface area contributed by atoms with Crippen LogP contribution in [0.3, 0.4) is 0 Å². The van der Waals surface area contributed by atoms with Crippen molar-refractivity contribution in [3.05, 3.63) is 247 Å². The lowest BCUT2D eigenvalue weighted by molar-refractivity contribution is 0.976. The van der Waals surface area contributed by atoms with Gasteiger partial charge in [0.2, 0.25) is 0 Å². The number of nitrogens with two attached hydrogens (primary N) is 1. The summed E-state index contributed by atoms with van der Waals surface area (Å²) in [6.45, 7) is 17.7. The average molecular weight is 988 g/mol. The van der Waals surface area contributed by atoms with E-state index >= 15 is 0 Å². The highest BCUT2D eigenvalue weighted by atomic mass is 15.7. The summed E-state index contributed by atoms with van der Waals surface area (Å²) in [6, 6.07) is 70.1. The van der Waals surface area contributed by atoms with Crippen LogP contribution in [0.25, 0.3) is 99.6 Å². The molecule has 76 heavy (non-hydrogen) atoms. The number of fused-ring (bicyclic) bond motifs is 10. The molecule has 2 aliphatic rings. The van der Waals surface area contributed by atoms with Gasteiger partial charge >= 0.3 is 0 Å². The minimum Gasteiger partial charge on any atom is -0.398 e. The van der Waals surface area contributed by atoms with Gasteiger partial charge in [0, 0.05) is 49.8 Å². The van der Waals surface area contributed by atoms with Crippen molar-refractivity contribution >= 4 is 72.2 Å². The summed E-state index contributed by atoms with van der Waals surface area (Å²) in [5.41, 5.74) is 31.8. The molecule has 1 aromatic heterocycles. The third-order valence-electron chi connectivity index (χ3n) is 14.3. The summed E-state index contributed by atoms with van der Waals surface area (Å²) in [6.07, 6.45) is 10.8. The second-order valence-corrected chi connectivity index (χ2v) is 18.4. The Morgan fingerprint density at radius 1 is 0.539 bits per heavy atom. The van der Waals surface area contributed by atoms with Crippen LogP contribution < -0.4 is 16.3 Å². The molecule has 0 radical (unpaired) electrons. The van der Waals surface area contributed by atoms with Crippen molar-refractivity contribution in [2.24, 2.45) is 5.10 Å². The predicted molar refractivity (Wildman–Crippen MR) is 332 cm³/mol. The molecular formula is C71H65N5. The molecule has 374 valence electrons. The van der Waals surface area contributed by atoms with E-state index in [-0.39, 0.29) is 0 Å². The van der Waals surface area contributed by atoms with E-state index in [0.717, 1.165) is 78.9 Å². The molecule has 0 bridgehead atoms. The minimum atomic E-state index is 0.699. The molecule has 0 spiro atoms. The molecule has 1 aliphatic heterocycles. The van der Waals surface area contributed by atoms with Crippen molar-refractivity contribution in [3.8, 4) is 50.2 Å². The molecule has 5 nitrogen and oxygen atoms in total. The number of aryl methyl sites for hydroxylation is 1. The van der Waals surface area contributed by atoms with E-state index in [4.69, 9.17) is 10.8 Å². The molecule has 11 aromatic rings. The van der Waals surface area contributed by atoms with E-state index in [1.54, 1.807) is 6.08 Å². The zero-order valence-corrected chi connectivity index (χ0v) is 44.7. The zero-order valence-electron chi connectivity index (χ0n) is 44.7. The molecule has 3 N–H and O–H groups in total. The molecule has 5 heteroatoms. The number of anilines is 3. The van der Waals surface area contributed by atoms with Gasteiger partial charge in [-0.25, -0.2) is 0 Å². The normalized spacial score (nSPS) is 12.1. The number of nitrogens with zero attached hydrogens (tertiary/aromatic N) is 3. The van der Waals surface area contributed by atoms with Crippen molar-refractivity contribution in [1.29, 1.82) is 0 Å². The Morgan fingerprint density at radius 3 is 1.93 bits per heavy atom. The van der Waals surface area contributed by atoms with Crippen LogP contribution >= 0.6 is 0 Å². The van der Waals surface area contributed by atoms with E-state index in [0.29, 0.717) is 5.69 Å². The second kappa shape index (κ2) is 22.1. The van der Waals surface area contributed by atoms with E-state index in [2.05, 4.69) is 237 Å². The van der Waals surface area contributed by atoms with Gasteiger partial charge < -0.3 is 10.3 Å². The van der Waals surface area contributed by atoms with Crippen LogP contribution in [0, 0.1) is 0 Å². The number of rotatable bonds is 8. The maximum Gasteiger partial charge on any atom is 0.102 e. The number of hydrazone groups is 1. The number of nitrogens with one attached hydrogen (secondary N) is 1. The van der Waals surface area contributed by atoms with Gasteiger partial charge in [0.25, 0.3) is 0 Å². The van der Waals surface area contributed by atoms with Gasteiger partial charge in [-0.1, -0.05) is 211 Å². The van der Waals surface area contributed by atoms with Crippen LogP contribution in [0.2, 0.25) is 0 Å². The monoisotopic (exact) mass is 988 g/mol. The molecule has 0 unspecified atom stereocenters. The number of allylic oxidation sites excluding steroid dienone is 4. The number of nitrogen functional groups attached to an aromatic ring is 1. The first kappa shape index (κ1) is 50.3. The molecule has 0 atom stereocenters. The van der Waals surface area contributed by atoms with Gasteiger partial charge in [0.1, 0.15) is 5.71 Å². The van der Waals surface area contributed by atoms with E-state index in [9.17, 15) is 0 Å². The molecule has 1 aliphatic carbocycles. The highest BCUT2D eigenvalue weighted by molar-refractivity contribution is 6.29. The Labute approximate surface area is 448 Å². The number of hydrogen-bond acceptors (Lipinski definition) is 4. The standard InChI is InChI=1S/C62H45N5.C5H8.2C2H6/c1-3-16-44-38(4-2)29-34-56(67-64-61(40-18-7-5-8-19-40)50-31-27-39-17-11-12-22-45(39)62(50)65-67)59(44)52-35-41(28-32-54(52)63)42-30-33-55-53(36-42)60-49-26-15-25-48-46-23-13-14-24-47(46)51(58(48)49)37-57(60)66(55)43-20-9-6-10-21-43;1-3-5-4-2;2*1-2/h3,5-37,65H,4,63H2,1-2H3;3-5H,1H2,2H3;2*1-2H3/b16-3-;5-4-;;. The summed E-state index contributed by atoms with van der Waals surface area (Å²) in [5, 5.41) is 14.8. The third kappa shape index (κ3) is 8.74. The smallest absolute Gasteiger partial charge is 0.102 e. The van der Waals surface area contributed by atoms with Crippen LogP contribution in [0.1, 0.15) is 70.7 Å². The van der Waals surface area contributed by atoms with Crippen molar-refractivity contribution in [2.45, 2.75) is 54.9 Å². The van der Waals surface area contributed by atoms with Crippen molar-refractivity contribution < 1.29 is 0 Å². The van der Waals surface area contributed by atoms with Gasteiger partial charge in [0.05, 0.1) is 22.4 Å². The van der Waals surface area contributed by atoms with Crippen LogP contribution in [-0.2, 0) is 6.42 Å². The SMILES string of the molecule is C/C=C\c1c(CC)ccc(N2N=C(c3ccccc3)c3ccc4ccccc4c3N2)c1-c1cc(-c2ccc3c(c2)c2c4cccc5c4c(cc2n3-c2ccccc2)-c2ccccc2-5)ccc1N.C=C/C=C\C.CC.CC. The number of hydrazine groups is 1. The van der Waals surface area contributed by atoms with E-state index in [1.807, 2.05) is 51.9 Å². The van der Waals surface area contributed by atoms with Crippen molar-refractivity contribution in [1.82, 2.24) is 4.57 Å². The van der Waals surface area contributed by atoms with E-state index < -0.39 is 0 Å². The minimum absolute atomic E-state index is 0.699. The Kier molecular flexibility index (Phi) is 14.6. The topological polar surface area (TPSA) is 58.6 Å². The summed E-state index contributed by atoms with van der Waals surface area (Å²) in [5.74, 6) is 0. The van der Waals surface area contributed by atoms with Crippen LogP contribution in [0.4, 0.5) is 17.1 Å². The molecular weight excluding hydrogens is 923 g/mol. The second-order valence-electron chi connectivity index (χ2n) is 18.4. The average Bonchev–Trinajstić information content (AvgIpc) is 4.11. The quantitative estimate of drug-likeness (QED) is 0.118. The summed E-state index contributed by atoms with van der Waals surface area (Å²) in [4.78, 5) is 0. The van der Waals surface area contributed by atoms with Gasteiger partial charge in [0.15, 0.2) is 0 Å². The van der Waals surface area contributed by atoms with Gasteiger partial charge in [-0.05, 0) is 136 Å². The molecule has 0 saturated carbocycles. The first-order valence-corrected chi connectivity index (χ1v) is 26.8. The van der Waals surface area contributed by atoms with E-state index in [1.165, 1.54) is 60.4 Å². The molecule has 13 rings (SSSR count). The highest BCUT2D eigenvalue weighted by Crippen LogP contribution is 2.52. The lowest BCUT2D eigenvalue weighted by atomic mass is 9.89. The van der Waals surface area contributed by atoms with Gasteiger partial charge in [-0.15, -0.1) is 0 Å². The maximum absolute atomic E-state index is 7.19. The number of hydrogen-bond donors (Lipinski definition) is 2. The molecule has 10 aromatic carbocycles. The van der Waals surface area contributed by atoms with Gasteiger partial charge in [-0.3, -0.25) is 5.43 Å². The fourth-order valence-electron chi connectivity index (χ4n) is 11.1. The number of para-hydroxylation sites is 1. The zero-order chi connectivity index (χ0) is 52.9. The fraction of sp³-hybridized carbons (Fsp3) is 0.113. The van der Waals surface area contributed by atoms with Crippen LogP contribution in [0.15, 0.2) is 230 Å². The predicted octanol–water partition coefficient (Wildman–Crippen LogP) is 19.6. The number of benzene rings is 10. The van der Waals surface area contributed by atoms with Crippen molar-refractivity contribution in [3.63, 3.8) is 0 Å². The summed E-state index contributed by atoms with van der Waals surface area (Å²) >= 11 is 0. The summed E-state index contributed by atoms with van der Waals surface area (Å²) in [7, 11) is 0. The lowest BCUT2D eigenvalue weighted by Gasteiger charge is -2.32.